The third kappa shape index (κ3) is 3.15. The Morgan fingerprint density at radius 3 is 2.50 bits per heavy atom. The van der Waals surface area contributed by atoms with Gasteiger partial charge in [-0.05, 0) is 23.4 Å². The Labute approximate surface area is 104 Å². The van der Waals surface area contributed by atoms with Gasteiger partial charge in [0.2, 0.25) is 0 Å². The van der Waals surface area contributed by atoms with Gasteiger partial charge in [-0.2, -0.15) is 18.4 Å². The van der Waals surface area contributed by atoms with E-state index < -0.39 is 33.7 Å². The number of carboxylic acids is 1. The van der Waals surface area contributed by atoms with Crippen LogP contribution in [0, 0.1) is 11.3 Å². The monoisotopic (exact) mass is 276 g/mol. The van der Waals surface area contributed by atoms with E-state index in [2.05, 4.69) is 0 Å². The van der Waals surface area contributed by atoms with Crippen LogP contribution >= 0.6 is 11.8 Å². The van der Waals surface area contributed by atoms with Crippen LogP contribution in [0.15, 0.2) is 17.0 Å². The summed E-state index contributed by atoms with van der Waals surface area (Å²) in [7, 11) is 0. The SMILES string of the molecule is N#Cc1c(CN)ccc(C(=O)O)c1SC(F)(F)F. The first-order valence-electron chi connectivity index (χ1n) is 4.55. The zero-order valence-electron chi connectivity index (χ0n) is 8.78. The molecule has 0 aromatic heterocycles. The van der Waals surface area contributed by atoms with Gasteiger partial charge in [0.15, 0.2) is 0 Å². The molecular formula is C10H7F3N2O2S. The fraction of sp³-hybridized carbons (Fsp3) is 0.200. The molecule has 1 rings (SSSR count). The van der Waals surface area contributed by atoms with Gasteiger partial charge in [0.1, 0.15) is 6.07 Å². The molecule has 0 amide bonds. The van der Waals surface area contributed by atoms with Crippen LogP contribution in [0.4, 0.5) is 13.2 Å². The quantitative estimate of drug-likeness (QED) is 0.827. The highest BCUT2D eigenvalue weighted by Gasteiger charge is 2.33. The molecule has 1 aromatic rings. The van der Waals surface area contributed by atoms with Crippen LogP contribution in [0.3, 0.4) is 0 Å². The molecule has 0 bridgehead atoms. The fourth-order valence-corrected chi connectivity index (χ4v) is 2.08. The summed E-state index contributed by atoms with van der Waals surface area (Å²) in [5.74, 6) is -1.53. The maximum absolute atomic E-state index is 12.4. The van der Waals surface area contributed by atoms with E-state index in [4.69, 9.17) is 16.1 Å². The van der Waals surface area contributed by atoms with Crippen molar-refractivity contribution in [1.29, 1.82) is 5.26 Å². The number of hydrogen-bond donors (Lipinski definition) is 2. The smallest absolute Gasteiger partial charge is 0.446 e. The average molecular weight is 276 g/mol. The van der Waals surface area contributed by atoms with Crippen molar-refractivity contribution >= 4 is 17.7 Å². The largest absolute Gasteiger partial charge is 0.478 e. The molecular weight excluding hydrogens is 269 g/mol. The van der Waals surface area contributed by atoms with Gasteiger partial charge in [-0.15, -0.1) is 0 Å². The topological polar surface area (TPSA) is 87.1 Å². The normalized spacial score (nSPS) is 11.1. The second-order valence-corrected chi connectivity index (χ2v) is 4.22. The number of carboxylic acid groups (broad SMARTS) is 1. The molecule has 18 heavy (non-hydrogen) atoms. The molecule has 0 saturated carbocycles. The predicted molar refractivity (Wildman–Crippen MR) is 57.9 cm³/mol. The average Bonchev–Trinajstić information content (AvgIpc) is 2.25. The summed E-state index contributed by atoms with van der Waals surface area (Å²) in [5, 5.41) is 17.7. The molecule has 96 valence electrons. The summed E-state index contributed by atoms with van der Waals surface area (Å²) >= 11 is -0.622. The third-order valence-electron chi connectivity index (χ3n) is 2.02. The van der Waals surface area contributed by atoms with E-state index >= 15 is 0 Å². The Kier molecular flexibility index (Phi) is 4.21. The van der Waals surface area contributed by atoms with Crippen molar-refractivity contribution in [2.75, 3.05) is 0 Å². The van der Waals surface area contributed by atoms with Gasteiger partial charge in [-0.1, -0.05) is 6.07 Å². The second-order valence-electron chi connectivity index (χ2n) is 3.15. The lowest BCUT2D eigenvalue weighted by molar-refractivity contribution is -0.0328. The molecule has 0 heterocycles. The van der Waals surface area contributed by atoms with E-state index in [9.17, 15) is 18.0 Å². The standard InChI is InChI=1S/C10H7F3N2O2S/c11-10(12,13)18-8-6(9(16)17)2-1-5(3-14)7(8)4-15/h1-2H,3,14H2,(H,16,17). The van der Waals surface area contributed by atoms with E-state index in [0.717, 1.165) is 6.07 Å². The molecule has 0 aliphatic rings. The van der Waals surface area contributed by atoms with Crippen LogP contribution in [0.2, 0.25) is 0 Å². The van der Waals surface area contributed by atoms with Crippen LogP contribution in [0.25, 0.3) is 0 Å². The number of nitrogens with zero attached hydrogens (tertiary/aromatic N) is 1. The van der Waals surface area contributed by atoms with Crippen LogP contribution in [0.5, 0.6) is 0 Å². The zero-order chi connectivity index (χ0) is 13.9. The van der Waals surface area contributed by atoms with Gasteiger partial charge >= 0.3 is 11.5 Å². The number of nitrogens with two attached hydrogens (primary N) is 1. The number of alkyl halides is 3. The number of benzene rings is 1. The lowest BCUT2D eigenvalue weighted by Gasteiger charge is -2.12. The minimum atomic E-state index is -4.68. The van der Waals surface area contributed by atoms with Crippen molar-refractivity contribution in [2.45, 2.75) is 16.9 Å². The minimum absolute atomic E-state index is 0.145. The predicted octanol–water partition coefficient (Wildman–Crippen LogP) is 2.33. The van der Waals surface area contributed by atoms with Crippen LogP contribution in [-0.4, -0.2) is 16.6 Å². The minimum Gasteiger partial charge on any atom is -0.478 e. The lowest BCUT2D eigenvalue weighted by atomic mass is 10.0. The Morgan fingerprint density at radius 1 is 1.50 bits per heavy atom. The highest BCUT2D eigenvalue weighted by atomic mass is 32.2. The van der Waals surface area contributed by atoms with Crippen molar-refractivity contribution in [3.63, 3.8) is 0 Å². The highest BCUT2D eigenvalue weighted by Crippen LogP contribution is 2.41. The Bertz CT molecular complexity index is 523. The van der Waals surface area contributed by atoms with Crippen molar-refractivity contribution in [3.8, 4) is 6.07 Å². The molecule has 0 atom stereocenters. The first-order valence-corrected chi connectivity index (χ1v) is 5.37. The molecule has 0 aliphatic heterocycles. The van der Waals surface area contributed by atoms with Crippen molar-refractivity contribution in [2.24, 2.45) is 5.73 Å². The van der Waals surface area contributed by atoms with E-state index in [0.29, 0.717) is 0 Å². The van der Waals surface area contributed by atoms with E-state index in [1.807, 2.05) is 0 Å². The first-order chi connectivity index (χ1) is 8.30. The number of hydrogen-bond acceptors (Lipinski definition) is 4. The number of halogens is 3. The maximum atomic E-state index is 12.4. The lowest BCUT2D eigenvalue weighted by Crippen LogP contribution is -2.09. The van der Waals surface area contributed by atoms with Crippen LogP contribution < -0.4 is 5.73 Å². The summed E-state index contributed by atoms with van der Waals surface area (Å²) in [4.78, 5) is 10.2. The van der Waals surface area contributed by atoms with E-state index in [1.165, 1.54) is 6.07 Å². The number of thioether (sulfide) groups is 1. The summed E-state index contributed by atoms with van der Waals surface area (Å²) in [6.45, 7) is -0.145. The van der Waals surface area contributed by atoms with Gasteiger partial charge < -0.3 is 10.8 Å². The molecule has 0 fully saturated rings. The van der Waals surface area contributed by atoms with Crippen LogP contribution in [0.1, 0.15) is 21.5 Å². The Morgan fingerprint density at radius 2 is 2.11 bits per heavy atom. The summed E-state index contributed by atoms with van der Waals surface area (Å²) in [5.41, 5.74) is -0.118. The number of rotatable bonds is 3. The van der Waals surface area contributed by atoms with Gasteiger partial charge in [0.05, 0.1) is 11.1 Å². The molecule has 4 nitrogen and oxygen atoms in total. The van der Waals surface area contributed by atoms with Gasteiger partial charge in [0.25, 0.3) is 0 Å². The molecule has 0 aliphatic carbocycles. The van der Waals surface area contributed by atoms with E-state index in [-0.39, 0.29) is 17.7 Å². The molecule has 0 unspecified atom stereocenters. The molecule has 0 radical (unpaired) electrons. The third-order valence-corrected chi connectivity index (χ3v) is 2.88. The first kappa shape index (κ1) is 14.3. The second kappa shape index (κ2) is 5.29. The molecule has 8 heteroatoms. The maximum Gasteiger partial charge on any atom is 0.446 e. The fourth-order valence-electron chi connectivity index (χ4n) is 1.31. The number of carbonyl (C=O) groups is 1. The molecule has 0 saturated heterocycles. The number of aromatic carboxylic acids is 1. The van der Waals surface area contributed by atoms with Crippen molar-refractivity contribution in [3.05, 3.63) is 28.8 Å². The van der Waals surface area contributed by atoms with Gasteiger partial charge in [-0.25, -0.2) is 4.79 Å². The number of nitriles is 1. The Balaban J connectivity index is 3.50. The Hall–Kier alpha value is -1.72. The van der Waals surface area contributed by atoms with Crippen molar-refractivity contribution < 1.29 is 23.1 Å². The van der Waals surface area contributed by atoms with Crippen LogP contribution in [-0.2, 0) is 6.54 Å². The molecule has 0 spiro atoms. The molecule has 1 aromatic carbocycles. The summed E-state index contributed by atoms with van der Waals surface area (Å²) in [6, 6.07) is 3.82. The van der Waals surface area contributed by atoms with E-state index in [1.54, 1.807) is 6.07 Å². The van der Waals surface area contributed by atoms with Gasteiger partial charge in [0, 0.05) is 11.4 Å². The summed E-state index contributed by atoms with van der Waals surface area (Å²) < 4.78 is 37.1. The van der Waals surface area contributed by atoms with Gasteiger partial charge in [-0.3, -0.25) is 0 Å². The zero-order valence-corrected chi connectivity index (χ0v) is 9.60. The summed E-state index contributed by atoms with van der Waals surface area (Å²) in [6.07, 6.45) is 0. The highest BCUT2D eigenvalue weighted by molar-refractivity contribution is 8.00. The molecule has 3 N–H and O–H groups in total. The van der Waals surface area contributed by atoms with Crippen molar-refractivity contribution in [1.82, 2.24) is 0 Å².